The van der Waals surface area contributed by atoms with Crippen molar-refractivity contribution < 1.29 is 9.53 Å². The zero-order chi connectivity index (χ0) is 14.9. The standard InChI is InChI=1S/C16H19N3O2/c1-21-15-7-3-2-6-14(15)18-10-8-16(20)19-12-13-5-4-9-17-11-13/h2-7,9,11,18H,8,10,12H2,1H3,(H,19,20). The van der Waals surface area contributed by atoms with Gasteiger partial charge in [-0.25, -0.2) is 0 Å². The first-order valence-corrected chi connectivity index (χ1v) is 6.82. The second-order valence-corrected chi connectivity index (χ2v) is 4.52. The van der Waals surface area contributed by atoms with Crippen LogP contribution in [0.3, 0.4) is 0 Å². The Morgan fingerprint density at radius 1 is 1.24 bits per heavy atom. The highest BCUT2D eigenvalue weighted by molar-refractivity contribution is 5.76. The Hall–Kier alpha value is -2.56. The lowest BCUT2D eigenvalue weighted by atomic mass is 10.2. The molecule has 21 heavy (non-hydrogen) atoms. The number of benzene rings is 1. The number of carbonyl (C=O) groups is 1. The fourth-order valence-electron chi connectivity index (χ4n) is 1.89. The molecule has 1 heterocycles. The number of aromatic nitrogens is 1. The van der Waals surface area contributed by atoms with E-state index in [1.54, 1.807) is 19.5 Å². The lowest BCUT2D eigenvalue weighted by Crippen LogP contribution is -2.24. The Bertz CT molecular complexity index is 573. The summed E-state index contributed by atoms with van der Waals surface area (Å²) in [6.45, 7) is 1.06. The molecule has 0 unspecified atom stereocenters. The van der Waals surface area contributed by atoms with Gasteiger partial charge in [0.15, 0.2) is 0 Å². The molecular formula is C16H19N3O2. The number of methoxy groups -OCH3 is 1. The van der Waals surface area contributed by atoms with E-state index in [1.807, 2.05) is 36.4 Å². The van der Waals surface area contributed by atoms with Crippen molar-refractivity contribution in [2.45, 2.75) is 13.0 Å². The number of amides is 1. The van der Waals surface area contributed by atoms with Crippen molar-refractivity contribution in [1.82, 2.24) is 10.3 Å². The number of hydrogen-bond acceptors (Lipinski definition) is 4. The number of rotatable bonds is 7. The Kier molecular flexibility index (Phi) is 5.58. The Morgan fingerprint density at radius 2 is 2.10 bits per heavy atom. The lowest BCUT2D eigenvalue weighted by Gasteiger charge is -2.10. The predicted octanol–water partition coefficient (Wildman–Crippen LogP) is 2.21. The summed E-state index contributed by atoms with van der Waals surface area (Å²) in [4.78, 5) is 15.8. The van der Waals surface area contributed by atoms with E-state index in [4.69, 9.17) is 4.74 Å². The van der Waals surface area contributed by atoms with Crippen LogP contribution in [0.1, 0.15) is 12.0 Å². The Balaban J connectivity index is 1.72. The van der Waals surface area contributed by atoms with Crippen LogP contribution in [0.4, 0.5) is 5.69 Å². The Morgan fingerprint density at radius 3 is 2.86 bits per heavy atom. The van der Waals surface area contributed by atoms with Gasteiger partial charge in [-0.3, -0.25) is 9.78 Å². The third-order valence-corrected chi connectivity index (χ3v) is 2.99. The highest BCUT2D eigenvalue weighted by atomic mass is 16.5. The minimum atomic E-state index is 0.00116. The molecule has 5 heteroatoms. The van der Waals surface area contributed by atoms with Crippen LogP contribution in [-0.2, 0) is 11.3 Å². The average Bonchev–Trinajstić information content (AvgIpc) is 2.54. The predicted molar refractivity (Wildman–Crippen MR) is 82.2 cm³/mol. The molecule has 0 aliphatic carbocycles. The molecule has 0 aliphatic heterocycles. The SMILES string of the molecule is COc1ccccc1NCCC(=O)NCc1cccnc1. The molecule has 0 fully saturated rings. The van der Waals surface area contributed by atoms with Crippen LogP contribution in [-0.4, -0.2) is 24.5 Å². The molecule has 1 aromatic carbocycles. The number of para-hydroxylation sites is 2. The van der Waals surface area contributed by atoms with Crippen molar-refractivity contribution in [3.8, 4) is 5.75 Å². The van der Waals surface area contributed by atoms with Crippen LogP contribution >= 0.6 is 0 Å². The fourth-order valence-corrected chi connectivity index (χ4v) is 1.89. The smallest absolute Gasteiger partial charge is 0.222 e. The highest BCUT2D eigenvalue weighted by Gasteiger charge is 2.03. The third kappa shape index (κ3) is 4.80. The number of nitrogens with one attached hydrogen (secondary N) is 2. The number of anilines is 1. The highest BCUT2D eigenvalue weighted by Crippen LogP contribution is 2.22. The largest absolute Gasteiger partial charge is 0.495 e. The molecule has 2 N–H and O–H groups in total. The molecule has 0 saturated carbocycles. The first-order chi connectivity index (χ1) is 10.3. The van der Waals surface area contributed by atoms with Gasteiger partial charge in [-0.05, 0) is 23.8 Å². The van der Waals surface area contributed by atoms with Crippen molar-refractivity contribution in [3.05, 3.63) is 54.4 Å². The Labute approximate surface area is 124 Å². The normalized spacial score (nSPS) is 9.95. The van der Waals surface area contributed by atoms with Gasteiger partial charge in [0, 0.05) is 31.9 Å². The molecule has 0 bridgehead atoms. The second-order valence-electron chi connectivity index (χ2n) is 4.52. The van der Waals surface area contributed by atoms with E-state index in [9.17, 15) is 4.79 Å². The number of nitrogens with zero attached hydrogens (tertiary/aromatic N) is 1. The van der Waals surface area contributed by atoms with Gasteiger partial charge >= 0.3 is 0 Å². The van der Waals surface area contributed by atoms with Crippen molar-refractivity contribution >= 4 is 11.6 Å². The van der Waals surface area contributed by atoms with Crippen LogP contribution in [0.5, 0.6) is 5.75 Å². The van der Waals surface area contributed by atoms with E-state index in [1.165, 1.54) is 0 Å². The van der Waals surface area contributed by atoms with E-state index in [2.05, 4.69) is 15.6 Å². The number of carbonyl (C=O) groups excluding carboxylic acids is 1. The van der Waals surface area contributed by atoms with E-state index in [0.717, 1.165) is 17.0 Å². The third-order valence-electron chi connectivity index (χ3n) is 2.99. The van der Waals surface area contributed by atoms with Gasteiger partial charge in [-0.15, -0.1) is 0 Å². The summed E-state index contributed by atoms with van der Waals surface area (Å²) in [6.07, 6.45) is 3.86. The van der Waals surface area contributed by atoms with E-state index < -0.39 is 0 Å². The summed E-state index contributed by atoms with van der Waals surface area (Å²) in [5.41, 5.74) is 1.88. The van der Waals surface area contributed by atoms with Crippen molar-refractivity contribution in [3.63, 3.8) is 0 Å². The summed E-state index contributed by atoms with van der Waals surface area (Å²) in [5.74, 6) is 0.773. The molecular weight excluding hydrogens is 266 g/mol. The molecule has 5 nitrogen and oxygen atoms in total. The topological polar surface area (TPSA) is 63.2 Å². The van der Waals surface area contributed by atoms with E-state index in [0.29, 0.717) is 19.5 Å². The number of hydrogen-bond donors (Lipinski definition) is 2. The summed E-state index contributed by atoms with van der Waals surface area (Å²) in [5, 5.41) is 6.06. The van der Waals surface area contributed by atoms with Gasteiger partial charge in [-0.2, -0.15) is 0 Å². The van der Waals surface area contributed by atoms with Gasteiger partial charge < -0.3 is 15.4 Å². The maximum atomic E-state index is 11.8. The summed E-state index contributed by atoms with van der Waals surface area (Å²) in [7, 11) is 1.63. The van der Waals surface area contributed by atoms with Crippen molar-refractivity contribution in [1.29, 1.82) is 0 Å². The molecule has 0 radical (unpaired) electrons. The van der Waals surface area contributed by atoms with Crippen LogP contribution in [0, 0.1) is 0 Å². The van der Waals surface area contributed by atoms with Crippen molar-refractivity contribution in [2.24, 2.45) is 0 Å². The zero-order valence-corrected chi connectivity index (χ0v) is 12.0. The maximum absolute atomic E-state index is 11.8. The molecule has 1 aromatic heterocycles. The van der Waals surface area contributed by atoms with Crippen LogP contribution in [0.25, 0.3) is 0 Å². The van der Waals surface area contributed by atoms with E-state index >= 15 is 0 Å². The average molecular weight is 285 g/mol. The van der Waals surface area contributed by atoms with E-state index in [-0.39, 0.29) is 5.91 Å². The molecule has 2 aromatic rings. The first-order valence-electron chi connectivity index (χ1n) is 6.82. The van der Waals surface area contributed by atoms with Crippen LogP contribution in [0.2, 0.25) is 0 Å². The zero-order valence-electron chi connectivity index (χ0n) is 12.0. The van der Waals surface area contributed by atoms with Gasteiger partial charge in [0.05, 0.1) is 12.8 Å². The first kappa shape index (κ1) is 14.8. The monoisotopic (exact) mass is 285 g/mol. The summed E-state index contributed by atoms with van der Waals surface area (Å²) >= 11 is 0. The fraction of sp³-hybridized carbons (Fsp3) is 0.250. The van der Waals surface area contributed by atoms with Gasteiger partial charge in [-0.1, -0.05) is 18.2 Å². The number of ether oxygens (including phenoxy) is 1. The number of pyridine rings is 1. The second kappa shape index (κ2) is 7.89. The van der Waals surface area contributed by atoms with Crippen LogP contribution in [0.15, 0.2) is 48.8 Å². The molecule has 0 spiro atoms. The van der Waals surface area contributed by atoms with Gasteiger partial charge in [0.2, 0.25) is 5.91 Å². The minimum Gasteiger partial charge on any atom is -0.495 e. The molecule has 0 saturated heterocycles. The maximum Gasteiger partial charge on any atom is 0.222 e. The minimum absolute atomic E-state index is 0.00116. The molecule has 0 atom stereocenters. The quantitative estimate of drug-likeness (QED) is 0.818. The summed E-state index contributed by atoms with van der Waals surface area (Å²) < 4.78 is 5.24. The lowest BCUT2D eigenvalue weighted by molar-refractivity contribution is -0.121. The molecule has 110 valence electrons. The molecule has 2 rings (SSSR count). The molecule has 1 amide bonds. The van der Waals surface area contributed by atoms with Crippen LogP contribution < -0.4 is 15.4 Å². The molecule has 0 aliphatic rings. The summed E-state index contributed by atoms with van der Waals surface area (Å²) in [6, 6.07) is 11.4. The van der Waals surface area contributed by atoms with Gasteiger partial charge in [0.25, 0.3) is 0 Å². The van der Waals surface area contributed by atoms with Gasteiger partial charge in [0.1, 0.15) is 5.75 Å². The van der Waals surface area contributed by atoms with Crippen molar-refractivity contribution in [2.75, 3.05) is 19.0 Å².